The number of rotatable bonds is 5. The van der Waals surface area contributed by atoms with Crippen LogP contribution in [0.2, 0.25) is 0 Å². The van der Waals surface area contributed by atoms with E-state index in [9.17, 15) is 0 Å². The molecule has 5 heteroatoms. The number of nitrogens with zero attached hydrogens (tertiary/aromatic N) is 3. The van der Waals surface area contributed by atoms with Crippen LogP contribution in [0.3, 0.4) is 0 Å². The van der Waals surface area contributed by atoms with Gasteiger partial charge >= 0.3 is 6.85 Å². The van der Waals surface area contributed by atoms with Crippen LogP contribution in [0.4, 0.5) is 34.1 Å². The fraction of sp³-hybridized carbons (Fsp3) is 0.286. The molecular weight excluding hydrogens is 910 g/mol. The van der Waals surface area contributed by atoms with E-state index in [1.165, 1.54) is 117 Å². The van der Waals surface area contributed by atoms with Crippen molar-refractivity contribution in [1.29, 1.82) is 0 Å². The third kappa shape index (κ3) is 7.78. The van der Waals surface area contributed by atoms with Gasteiger partial charge in [0.05, 0.1) is 11.4 Å². The molecular formula is C70H72BN3O. The van der Waals surface area contributed by atoms with E-state index in [-0.39, 0.29) is 28.5 Å². The maximum Gasteiger partial charge on any atom is 0.375 e. The van der Waals surface area contributed by atoms with Crippen molar-refractivity contribution in [3.05, 3.63) is 190 Å². The predicted molar refractivity (Wildman–Crippen MR) is 324 cm³/mol. The molecule has 0 radical (unpaired) electrons. The minimum Gasteiger partial charge on any atom is -0.466 e. The number of hydrogen-bond donors (Lipinski definition) is 0. The lowest BCUT2D eigenvalue weighted by molar-refractivity contribution is 0.590. The molecule has 8 aromatic carbocycles. The summed E-state index contributed by atoms with van der Waals surface area (Å²) in [6.45, 7) is 36.5. The highest BCUT2D eigenvalue weighted by molar-refractivity contribution is 6.89. The first-order valence-corrected chi connectivity index (χ1v) is 27.2. The Labute approximate surface area is 446 Å². The Hall–Kier alpha value is -7.24. The minimum absolute atomic E-state index is 0.00390. The van der Waals surface area contributed by atoms with Crippen molar-refractivity contribution >= 4 is 84.9 Å². The van der Waals surface area contributed by atoms with Crippen LogP contribution >= 0.6 is 0 Å². The van der Waals surface area contributed by atoms with Crippen LogP contribution in [0.1, 0.15) is 128 Å². The maximum atomic E-state index is 7.56. The summed E-state index contributed by atoms with van der Waals surface area (Å²) in [6, 6.07) is 56.3. The Balaban J connectivity index is 1.23. The number of fused-ring (bicyclic) bond motifs is 9. The van der Waals surface area contributed by atoms with Crippen molar-refractivity contribution in [2.24, 2.45) is 0 Å². The van der Waals surface area contributed by atoms with Crippen molar-refractivity contribution in [3.8, 4) is 22.3 Å². The first kappa shape index (κ1) is 48.7. The van der Waals surface area contributed by atoms with Crippen molar-refractivity contribution in [2.45, 2.75) is 132 Å². The van der Waals surface area contributed by atoms with E-state index in [4.69, 9.17) is 4.42 Å². The Morgan fingerprint density at radius 3 is 1.57 bits per heavy atom. The average molecular weight is 982 g/mol. The first-order chi connectivity index (χ1) is 35.4. The summed E-state index contributed by atoms with van der Waals surface area (Å²) in [6.07, 6.45) is 0. The smallest absolute Gasteiger partial charge is 0.375 e. The predicted octanol–water partition coefficient (Wildman–Crippen LogP) is 18.5. The average Bonchev–Trinajstić information content (AvgIpc) is 4.00. The molecule has 12 rings (SSSR count). The van der Waals surface area contributed by atoms with E-state index in [0.29, 0.717) is 0 Å². The van der Waals surface area contributed by atoms with Gasteiger partial charge in [0.15, 0.2) is 0 Å². The summed E-state index contributed by atoms with van der Waals surface area (Å²) in [5, 5.41) is 3.60. The van der Waals surface area contributed by atoms with Crippen molar-refractivity contribution < 1.29 is 4.42 Å². The van der Waals surface area contributed by atoms with E-state index < -0.39 is 0 Å². The van der Waals surface area contributed by atoms with Gasteiger partial charge in [-0.25, -0.2) is 0 Å². The second-order valence-electron chi connectivity index (χ2n) is 26.2. The molecule has 0 aliphatic carbocycles. The van der Waals surface area contributed by atoms with Gasteiger partial charge in [-0.3, -0.25) is 0 Å². The van der Waals surface area contributed by atoms with E-state index in [0.717, 1.165) is 28.0 Å². The van der Waals surface area contributed by atoms with Gasteiger partial charge in [0.2, 0.25) is 0 Å². The Bertz CT molecular complexity index is 3920. The van der Waals surface area contributed by atoms with E-state index >= 15 is 0 Å². The largest absolute Gasteiger partial charge is 0.466 e. The van der Waals surface area contributed by atoms with Crippen molar-refractivity contribution in [2.75, 3.05) is 9.80 Å². The fourth-order valence-corrected chi connectivity index (χ4v) is 12.3. The quantitative estimate of drug-likeness (QED) is 0.161. The topological polar surface area (TPSA) is 24.6 Å². The molecule has 4 heterocycles. The lowest BCUT2D eigenvalue weighted by atomic mass is 9.47. The van der Waals surface area contributed by atoms with Crippen LogP contribution in [-0.2, 0) is 21.7 Å². The summed E-state index contributed by atoms with van der Waals surface area (Å²) in [7, 11) is 0. The molecule has 0 spiro atoms. The molecule has 0 saturated carbocycles. The SMILES string of the molecule is Cc1ccc(N(c2ccc(C)cc2C)c2ccc3c4c2c2cc(C(C)(C)C)ccc2n4B2c4oc5ccc(-c6ccc(C(C)(C)C)cc6)cc5c4N(c4ccc(C(C)(C)C)cc4)c4cc(C(C)(C)C)cc-3c42)c(C)c1. The zero-order valence-corrected chi connectivity index (χ0v) is 47.2. The van der Waals surface area contributed by atoms with Gasteiger partial charge in [0, 0.05) is 55.5 Å². The number of hydrogen-bond acceptors (Lipinski definition) is 3. The number of anilines is 6. The lowest BCUT2D eigenvalue weighted by Gasteiger charge is -2.40. The molecule has 2 aliphatic heterocycles. The second kappa shape index (κ2) is 16.6. The minimum atomic E-state index is -0.273. The van der Waals surface area contributed by atoms with Crippen LogP contribution in [0.15, 0.2) is 150 Å². The third-order valence-electron chi connectivity index (χ3n) is 16.5. The van der Waals surface area contributed by atoms with Gasteiger partial charge < -0.3 is 18.7 Å². The molecule has 0 bridgehead atoms. The zero-order chi connectivity index (χ0) is 53.0. The second-order valence-corrected chi connectivity index (χ2v) is 26.2. The third-order valence-corrected chi connectivity index (χ3v) is 16.5. The summed E-state index contributed by atoms with van der Waals surface area (Å²) in [4.78, 5) is 5.10. The molecule has 75 heavy (non-hydrogen) atoms. The van der Waals surface area contributed by atoms with E-state index in [2.05, 4.69) is 271 Å². The first-order valence-electron chi connectivity index (χ1n) is 27.2. The van der Waals surface area contributed by atoms with E-state index in [1.807, 2.05) is 0 Å². The molecule has 0 saturated heterocycles. The van der Waals surface area contributed by atoms with Crippen molar-refractivity contribution in [1.82, 2.24) is 4.48 Å². The van der Waals surface area contributed by atoms with Gasteiger partial charge in [0.25, 0.3) is 0 Å². The standard InChI is InChI=1S/C70H72BN3O/c1-41-17-30-56(43(3)35-41)73(57-31-18-42(2)36-44(57)4)59-33-29-52-53-39-50(70(14,15)16)40-60-63(53)71(74-58-32-26-49(69(11,12)13)38-54(58)62(59)64(52)74)66-65(72(60)51-27-24-48(25-28-51)68(8,9)10)55-37-46(21-34-61(55)75-66)45-19-22-47(23-20-45)67(5,6)7/h17-40H,1-16H3. The molecule has 0 atom stereocenters. The Morgan fingerprint density at radius 1 is 0.453 bits per heavy atom. The monoisotopic (exact) mass is 982 g/mol. The maximum absolute atomic E-state index is 7.56. The highest BCUT2D eigenvalue weighted by atomic mass is 16.3. The fourth-order valence-electron chi connectivity index (χ4n) is 12.3. The number of aryl methyl sites for hydroxylation is 4. The van der Waals surface area contributed by atoms with Gasteiger partial charge in [-0.05, 0) is 166 Å². The summed E-state index contributed by atoms with van der Waals surface area (Å²) in [5.74, 6) is 0. The number of benzene rings is 8. The molecule has 0 fully saturated rings. The van der Waals surface area contributed by atoms with Crippen LogP contribution in [-0.4, -0.2) is 11.3 Å². The van der Waals surface area contributed by atoms with Crippen LogP contribution in [0.5, 0.6) is 0 Å². The number of furan rings is 1. The lowest BCUT2D eigenvalue weighted by Crippen LogP contribution is -2.56. The van der Waals surface area contributed by atoms with Gasteiger partial charge in [0.1, 0.15) is 11.2 Å². The highest BCUT2D eigenvalue weighted by Crippen LogP contribution is 2.53. The van der Waals surface area contributed by atoms with Crippen molar-refractivity contribution in [3.63, 3.8) is 0 Å². The summed E-state index contributed by atoms with van der Waals surface area (Å²) in [5.41, 5.74) is 27.4. The molecule has 2 aliphatic rings. The summed E-state index contributed by atoms with van der Waals surface area (Å²) >= 11 is 0. The van der Waals surface area contributed by atoms with Crippen LogP contribution in [0, 0.1) is 27.7 Å². The number of aromatic nitrogens is 1. The van der Waals surface area contributed by atoms with Gasteiger partial charge in [-0.15, -0.1) is 0 Å². The normalized spacial score (nSPS) is 13.5. The highest BCUT2D eigenvalue weighted by Gasteiger charge is 2.47. The van der Waals surface area contributed by atoms with Crippen LogP contribution in [0.25, 0.3) is 55.0 Å². The van der Waals surface area contributed by atoms with Crippen LogP contribution < -0.4 is 20.9 Å². The molecule has 0 N–H and O–H groups in total. The van der Waals surface area contributed by atoms with E-state index in [1.54, 1.807) is 0 Å². The molecule has 2 aromatic heterocycles. The molecule has 0 amide bonds. The molecule has 376 valence electrons. The summed E-state index contributed by atoms with van der Waals surface area (Å²) < 4.78 is 10.2. The van der Waals surface area contributed by atoms with Gasteiger partial charge in [-0.1, -0.05) is 179 Å². The molecule has 0 unspecified atom stereocenters. The molecule has 10 aromatic rings. The molecule has 4 nitrogen and oxygen atoms in total. The Kier molecular flexibility index (Phi) is 10.8. The van der Waals surface area contributed by atoms with Gasteiger partial charge in [-0.2, -0.15) is 0 Å². The zero-order valence-electron chi connectivity index (χ0n) is 47.2. The Morgan fingerprint density at radius 2 is 1.00 bits per heavy atom.